The normalized spacial score (nSPS) is 19.6. The molecule has 0 saturated carbocycles. The molecule has 1 fully saturated rings. The Morgan fingerprint density at radius 3 is 2.25 bits per heavy atom. The number of hydrogen-bond acceptors (Lipinski definition) is 3. The second-order valence-corrected chi connectivity index (χ2v) is 7.27. The Hall–Kier alpha value is -0.170. The third kappa shape index (κ3) is 3.16. The zero-order valence-corrected chi connectivity index (χ0v) is 11.3. The lowest BCUT2D eigenvalue weighted by Gasteiger charge is -2.31. The summed E-state index contributed by atoms with van der Waals surface area (Å²) in [6.07, 6.45) is 1.93. The van der Waals surface area contributed by atoms with Crippen molar-refractivity contribution in [2.45, 2.75) is 26.7 Å². The lowest BCUT2D eigenvalue weighted by Crippen LogP contribution is -2.45. The molecule has 0 spiro atoms. The smallest absolute Gasteiger partial charge is 0.281 e. The van der Waals surface area contributed by atoms with Crippen molar-refractivity contribution in [1.29, 1.82) is 0 Å². The summed E-state index contributed by atoms with van der Waals surface area (Å²) in [5, 5.41) is 0. The van der Waals surface area contributed by atoms with Crippen LogP contribution in [0.4, 0.5) is 0 Å². The van der Waals surface area contributed by atoms with E-state index in [9.17, 15) is 8.42 Å². The molecule has 96 valence electrons. The fourth-order valence-corrected chi connectivity index (χ4v) is 3.49. The van der Waals surface area contributed by atoms with E-state index in [1.165, 1.54) is 4.31 Å². The molecular weight excluding hydrogens is 226 g/mol. The van der Waals surface area contributed by atoms with E-state index in [0.29, 0.717) is 26.2 Å². The molecule has 1 aliphatic rings. The lowest BCUT2D eigenvalue weighted by atomic mass is 9.94. The van der Waals surface area contributed by atoms with Gasteiger partial charge in [-0.3, -0.25) is 0 Å². The van der Waals surface area contributed by atoms with Crippen LogP contribution < -0.4 is 5.73 Å². The molecule has 0 amide bonds. The first-order valence-electron chi connectivity index (χ1n) is 5.71. The highest BCUT2D eigenvalue weighted by atomic mass is 32.2. The summed E-state index contributed by atoms with van der Waals surface area (Å²) < 4.78 is 27.3. The molecule has 1 rings (SSSR count). The number of rotatable bonds is 5. The molecule has 0 aromatic rings. The van der Waals surface area contributed by atoms with E-state index in [1.54, 1.807) is 11.4 Å². The van der Waals surface area contributed by atoms with E-state index in [4.69, 9.17) is 5.73 Å². The van der Waals surface area contributed by atoms with Crippen molar-refractivity contribution in [3.8, 4) is 0 Å². The molecule has 1 aliphatic heterocycles. The Morgan fingerprint density at radius 2 is 1.81 bits per heavy atom. The lowest BCUT2D eigenvalue weighted by molar-refractivity contribution is 0.278. The van der Waals surface area contributed by atoms with E-state index in [-0.39, 0.29) is 5.41 Å². The zero-order valence-electron chi connectivity index (χ0n) is 10.4. The maximum Gasteiger partial charge on any atom is 0.281 e. The minimum atomic E-state index is -3.27. The fourth-order valence-electron chi connectivity index (χ4n) is 1.86. The highest BCUT2D eigenvalue weighted by molar-refractivity contribution is 7.86. The maximum atomic E-state index is 12.1. The highest BCUT2D eigenvalue weighted by Crippen LogP contribution is 2.20. The Morgan fingerprint density at radius 1 is 1.31 bits per heavy atom. The van der Waals surface area contributed by atoms with Crippen LogP contribution in [-0.2, 0) is 10.2 Å². The molecule has 0 unspecified atom stereocenters. The van der Waals surface area contributed by atoms with Crippen molar-refractivity contribution in [2.24, 2.45) is 11.1 Å². The summed E-state index contributed by atoms with van der Waals surface area (Å²) in [6, 6.07) is 0. The summed E-state index contributed by atoms with van der Waals surface area (Å²) >= 11 is 0. The topological polar surface area (TPSA) is 66.6 Å². The van der Waals surface area contributed by atoms with Crippen molar-refractivity contribution in [3.05, 3.63) is 0 Å². The zero-order chi connectivity index (χ0) is 12.4. The van der Waals surface area contributed by atoms with Gasteiger partial charge in [0.25, 0.3) is 10.2 Å². The minimum absolute atomic E-state index is 0.179. The van der Waals surface area contributed by atoms with Crippen molar-refractivity contribution < 1.29 is 8.42 Å². The van der Waals surface area contributed by atoms with E-state index < -0.39 is 10.2 Å². The van der Waals surface area contributed by atoms with Gasteiger partial charge in [0.1, 0.15) is 0 Å². The average molecular weight is 249 g/mol. The maximum absolute atomic E-state index is 12.1. The quantitative estimate of drug-likeness (QED) is 0.759. The monoisotopic (exact) mass is 249 g/mol. The molecule has 16 heavy (non-hydrogen) atoms. The van der Waals surface area contributed by atoms with Gasteiger partial charge in [-0.1, -0.05) is 13.8 Å². The van der Waals surface area contributed by atoms with Crippen molar-refractivity contribution in [3.63, 3.8) is 0 Å². The SMILES string of the molecule is CN(CC(C)(C)CN)S(=O)(=O)N1CCCC1. The molecule has 0 aromatic heterocycles. The second-order valence-electron chi connectivity index (χ2n) is 5.24. The van der Waals surface area contributed by atoms with Gasteiger partial charge in [-0.15, -0.1) is 0 Å². The van der Waals surface area contributed by atoms with Gasteiger partial charge in [-0.2, -0.15) is 17.0 Å². The number of nitrogens with zero attached hydrogens (tertiary/aromatic N) is 2. The van der Waals surface area contributed by atoms with E-state index in [2.05, 4.69) is 0 Å². The van der Waals surface area contributed by atoms with E-state index in [0.717, 1.165) is 12.8 Å². The van der Waals surface area contributed by atoms with Crippen molar-refractivity contribution in [1.82, 2.24) is 8.61 Å². The van der Waals surface area contributed by atoms with Crippen molar-refractivity contribution in [2.75, 3.05) is 33.2 Å². The van der Waals surface area contributed by atoms with E-state index >= 15 is 0 Å². The first-order valence-corrected chi connectivity index (χ1v) is 7.11. The summed E-state index contributed by atoms with van der Waals surface area (Å²) in [4.78, 5) is 0. The number of nitrogens with two attached hydrogens (primary N) is 1. The molecule has 1 heterocycles. The van der Waals surface area contributed by atoms with Crippen LogP contribution in [0.1, 0.15) is 26.7 Å². The van der Waals surface area contributed by atoms with Crippen LogP contribution in [0.15, 0.2) is 0 Å². The molecule has 0 radical (unpaired) electrons. The van der Waals surface area contributed by atoms with Gasteiger partial charge in [0.05, 0.1) is 0 Å². The highest BCUT2D eigenvalue weighted by Gasteiger charge is 2.32. The summed E-state index contributed by atoms with van der Waals surface area (Å²) in [6.45, 7) is 6.19. The summed E-state index contributed by atoms with van der Waals surface area (Å²) in [7, 11) is -1.64. The number of hydrogen-bond donors (Lipinski definition) is 1. The molecule has 0 atom stereocenters. The Kier molecular flexibility index (Phi) is 4.34. The molecule has 1 saturated heterocycles. The molecule has 0 bridgehead atoms. The predicted molar refractivity (Wildman–Crippen MR) is 65.2 cm³/mol. The van der Waals surface area contributed by atoms with Crippen LogP contribution >= 0.6 is 0 Å². The molecular formula is C10H23N3O2S. The Balaban J connectivity index is 2.68. The van der Waals surface area contributed by atoms with E-state index in [1.807, 2.05) is 13.8 Å². The molecule has 0 aliphatic carbocycles. The standard InChI is InChI=1S/C10H23N3O2S/c1-10(2,8-11)9-12(3)16(14,15)13-6-4-5-7-13/h4-9,11H2,1-3H3. The average Bonchev–Trinajstić information content (AvgIpc) is 2.70. The summed E-state index contributed by atoms with van der Waals surface area (Å²) in [5.74, 6) is 0. The third-order valence-corrected chi connectivity index (χ3v) is 4.92. The van der Waals surface area contributed by atoms with Gasteiger partial charge in [-0.05, 0) is 24.8 Å². The Labute approximate surface area is 98.8 Å². The predicted octanol–water partition coefficient (Wildman–Crippen LogP) is 0.244. The second kappa shape index (κ2) is 5.00. The van der Waals surface area contributed by atoms with Crippen molar-refractivity contribution >= 4 is 10.2 Å². The van der Waals surface area contributed by atoms with Crippen LogP contribution in [0, 0.1) is 5.41 Å². The van der Waals surface area contributed by atoms with Gasteiger partial charge in [0.15, 0.2) is 0 Å². The molecule has 6 heteroatoms. The first-order chi connectivity index (χ1) is 7.29. The van der Waals surface area contributed by atoms with Crippen LogP contribution in [-0.4, -0.2) is 50.3 Å². The largest absolute Gasteiger partial charge is 0.330 e. The van der Waals surface area contributed by atoms with Gasteiger partial charge < -0.3 is 5.73 Å². The van der Waals surface area contributed by atoms with Crippen LogP contribution in [0.25, 0.3) is 0 Å². The van der Waals surface area contributed by atoms with Gasteiger partial charge in [-0.25, -0.2) is 0 Å². The van der Waals surface area contributed by atoms with Gasteiger partial charge in [0.2, 0.25) is 0 Å². The first kappa shape index (κ1) is 13.9. The Bertz CT molecular complexity index is 321. The summed E-state index contributed by atoms with van der Waals surface area (Å²) in [5.41, 5.74) is 5.44. The van der Waals surface area contributed by atoms with Gasteiger partial charge in [0, 0.05) is 26.7 Å². The van der Waals surface area contributed by atoms with Gasteiger partial charge >= 0.3 is 0 Å². The molecule has 0 aromatic carbocycles. The fraction of sp³-hybridized carbons (Fsp3) is 1.00. The molecule has 2 N–H and O–H groups in total. The van der Waals surface area contributed by atoms with Crippen LogP contribution in [0.5, 0.6) is 0 Å². The van der Waals surface area contributed by atoms with Crippen LogP contribution in [0.3, 0.4) is 0 Å². The van der Waals surface area contributed by atoms with Crippen LogP contribution in [0.2, 0.25) is 0 Å². The third-order valence-electron chi connectivity index (χ3n) is 2.99. The molecule has 5 nitrogen and oxygen atoms in total. The minimum Gasteiger partial charge on any atom is -0.330 e.